The summed E-state index contributed by atoms with van der Waals surface area (Å²) < 4.78 is 4.77. The highest BCUT2D eigenvalue weighted by Gasteiger charge is 2.21. The second-order valence-electron chi connectivity index (χ2n) is 4.23. The van der Waals surface area contributed by atoms with Gasteiger partial charge in [0.15, 0.2) is 6.61 Å². The minimum Gasteiger partial charge on any atom is -0.452 e. The molecule has 0 unspecified atom stereocenters. The number of esters is 1. The highest BCUT2D eigenvalue weighted by molar-refractivity contribution is 5.95. The van der Waals surface area contributed by atoms with Crippen LogP contribution >= 0.6 is 0 Å². The van der Waals surface area contributed by atoms with Crippen LogP contribution in [0.2, 0.25) is 0 Å². The van der Waals surface area contributed by atoms with Gasteiger partial charge < -0.3 is 10.1 Å². The molecule has 0 fully saturated rings. The van der Waals surface area contributed by atoms with Crippen LogP contribution in [0.4, 0.5) is 5.69 Å². The first kappa shape index (κ1) is 15.6. The van der Waals surface area contributed by atoms with Gasteiger partial charge in [-0.3, -0.25) is 14.9 Å². The number of nitro benzene ring substituents is 1. The van der Waals surface area contributed by atoms with Crippen LogP contribution in [0.1, 0.15) is 30.6 Å². The zero-order valence-electron chi connectivity index (χ0n) is 11.3. The topological polar surface area (TPSA) is 98.5 Å². The smallest absolute Gasteiger partial charge is 0.345 e. The van der Waals surface area contributed by atoms with Crippen LogP contribution in [-0.2, 0) is 9.53 Å². The fourth-order valence-corrected chi connectivity index (χ4v) is 1.43. The van der Waals surface area contributed by atoms with Crippen molar-refractivity contribution < 1.29 is 19.2 Å². The van der Waals surface area contributed by atoms with E-state index in [1.165, 1.54) is 24.3 Å². The third-order valence-electron chi connectivity index (χ3n) is 2.67. The van der Waals surface area contributed by atoms with Crippen LogP contribution in [0.5, 0.6) is 0 Å². The van der Waals surface area contributed by atoms with Crippen molar-refractivity contribution >= 4 is 17.6 Å². The Balaban J connectivity index is 2.64. The number of nitrogens with zero attached hydrogens (tertiary/aromatic N) is 1. The molecule has 1 rings (SSSR count). The first-order valence-corrected chi connectivity index (χ1v) is 6.15. The Labute approximate surface area is 116 Å². The van der Waals surface area contributed by atoms with Gasteiger partial charge in [-0.1, -0.05) is 19.1 Å². The van der Waals surface area contributed by atoms with Gasteiger partial charge in [0.2, 0.25) is 0 Å². The predicted octanol–water partition coefficient (Wildman–Crippen LogP) is 1.67. The van der Waals surface area contributed by atoms with Crippen LogP contribution in [0, 0.1) is 10.1 Å². The standard InChI is InChI=1S/C13H16N2O5/c1-3-9(2)14-12(16)8-20-13(17)10-6-4-5-7-11(10)15(18)19/h4-7,9H,3,8H2,1-2H3,(H,14,16)/t9-/m0/s1. The minimum absolute atomic E-state index is 0.0211. The monoisotopic (exact) mass is 280 g/mol. The molecule has 1 N–H and O–H groups in total. The molecule has 108 valence electrons. The summed E-state index contributed by atoms with van der Waals surface area (Å²) >= 11 is 0. The third kappa shape index (κ3) is 4.34. The van der Waals surface area contributed by atoms with Crippen molar-refractivity contribution in [3.8, 4) is 0 Å². The molecule has 7 nitrogen and oxygen atoms in total. The van der Waals surface area contributed by atoms with Gasteiger partial charge >= 0.3 is 5.97 Å². The van der Waals surface area contributed by atoms with Crippen molar-refractivity contribution in [2.24, 2.45) is 0 Å². The fourth-order valence-electron chi connectivity index (χ4n) is 1.43. The molecule has 1 aromatic rings. The van der Waals surface area contributed by atoms with Crippen molar-refractivity contribution in [3.63, 3.8) is 0 Å². The van der Waals surface area contributed by atoms with Crippen LogP contribution in [0.15, 0.2) is 24.3 Å². The van der Waals surface area contributed by atoms with Crippen molar-refractivity contribution in [2.75, 3.05) is 6.61 Å². The fraction of sp³-hybridized carbons (Fsp3) is 0.385. The van der Waals surface area contributed by atoms with Crippen molar-refractivity contribution in [1.29, 1.82) is 0 Å². The van der Waals surface area contributed by atoms with E-state index in [1.54, 1.807) is 0 Å². The van der Waals surface area contributed by atoms with E-state index < -0.39 is 23.4 Å². The van der Waals surface area contributed by atoms with E-state index in [4.69, 9.17) is 4.74 Å². The maximum Gasteiger partial charge on any atom is 0.345 e. The molecular weight excluding hydrogens is 264 g/mol. The number of para-hydroxylation sites is 1. The highest BCUT2D eigenvalue weighted by atomic mass is 16.6. The molecule has 0 spiro atoms. The number of hydrogen-bond acceptors (Lipinski definition) is 5. The van der Waals surface area contributed by atoms with E-state index in [9.17, 15) is 19.7 Å². The molecule has 0 saturated heterocycles. The van der Waals surface area contributed by atoms with Crippen LogP contribution < -0.4 is 5.32 Å². The van der Waals surface area contributed by atoms with E-state index >= 15 is 0 Å². The van der Waals surface area contributed by atoms with Crippen molar-refractivity contribution in [3.05, 3.63) is 39.9 Å². The number of hydrogen-bond donors (Lipinski definition) is 1. The van der Waals surface area contributed by atoms with Gasteiger partial charge in [0.05, 0.1) is 4.92 Å². The molecule has 0 aromatic heterocycles. The summed E-state index contributed by atoms with van der Waals surface area (Å²) in [7, 11) is 0. The average molecular weight is 280 g/mol. The third-order valence-corrected chi connectivity index (χ3v) is 2.67. The van der Waals surface area contributed by atoms with Crippen LogP contribution in [0.3, 0.4) is 0 Å². The largest absolute Gasteiger partial charge is 0.452 e. The van der Waals surface area contributed by atoms with Crippen LogP contribution in [-0.4, -0.2) is 29.4 Å². The maximum absolute atomic E-state index is 11.7. The van der Waals surface area contributed by atoms with Gasteiger partial charge in [0, 0.05) is 12.1 Å². The Morgan fingerprint density at radius 3 is 2.65 bits per heavy atom. The van der Waals surface area contributed by atoms with Gasteiger partial charge in [0.1, 0.15) is 5.56 Å². The zero-order chi connectivity index (χ0) is 15.1. The second kappa shape index (κ2) is 7.22. The lowest BCUT2D eigenvalue weighted by Crippen LogP contribution is -2.35. The Bertz CT molecular complexity index is 515. The molecule has 0 radical (unpaired) electrons. The molecule has 0 aliphatic carbocycles. The minimum atomic E-state index is -0.892. The number of nitrogens with one attached hydrogen (secondary N) is 1. The van der Waals surface area contributed by atoms with Crippen molar-refractivity contribution in [1.82, 2.24) is 5.32 Å². The first-order chi connectivity index (χ1) is 9.45. The Morgan fingerprint density at radius 2 is 2.05 bits per heavy atom. The predicted molar refractivity (Wildman–Crippen MR) is 71.3 cm³/mol. The summed E-state index contributed by atoms with van der Waals surface area (Å²) in [6, 6.07) is 5.41. The molecule has 1 atom stereocenters. The Kier molecular flexibility index (Phi) is 5.64. The molecule has 0 aliphatic heterocycles. The lowest BCUT2D eigenvalue weighted by molar-refractivity contribution is -0.385. The molecule has 20 heavy (non-hydrogen) atoms. The summed E-state index contributed by atoms with van der Waals surface area (Å²) in [5.41, 5.74) is -0.520. The molecule has 0 saturated carbocycles. The normalized spacial score (nSPS) is 11.5. The average Bonchev–Trinajstić information content (AvgIpc) is 2.44. The second-order valence-corrected chi connectivity index (χ2v) is 4.23. The molecule has 7 heteroatoms. The van der Waals surface area contributed by atoms with E-state index in [1.807, 2.05) is 13.8 Å². The van der Waals surface area contributed by atoms with Gasteiger partial charge in [-0.05, 0) is 19.4 Å². The van der Waals surface area contributed by atoms with Gasteiger partial charge in [0.25, 0.3) is 11.6 Å². The van der Waals surface area contributed by atoms with E-state index in [2.05, 4.69) is 5.32 Å². The van der Waals surface area contributed by atoms with Crippen molar-refractivity contribution in [2.45, 2.75) is 26.3 Å². The Morgan fingerprint density at radius 1 is 1.40 bits per heavy atom. The SMILES string of the molecule is CC[C@H](C)NC(=O)COC(=O)c1ccccc1[N+](=O)[O-]. The molecule has 0 heterocycles. The number of amides is 1. The number of benzene rings is 1. The summed E-state index contributed by atoms with van der Waals surface area (Å²) in [6.45, 7) is 3.27. The van der Waals surface area contributed by atoms with Gasteiger partial charge in [-0.25, -0.2) is 4.79 Å². The number of carbonyl (C=O) groups is 2. The lowest BCUT2D eigenvalue weighted by Gasteiger charge is -2.11. The Hall–Kier alpha value is -2.44. The quantitative estimate of drug-likeness (QED) is 0.485. The number of ether oxygens (including phenoxy) is 1. The van der Waals surface area contributed by atoms with Gasteiger partial charge in [-0.15, -0.1) is 0 Å². The van der Waals surface area contributed by atoms with Crippen LogP contribution in [0.25, 0.3) is 0 Å². The molecule has 1 aromatic carbocycles. The number of nitro groups is 1. The number of rotatable bonds is 6. The number of carbonyl (C=O) groups excluding carboxylic acids is 2. The molecule has 0 aliphatic rings. The molecule has 1 amide bonds. The first-order valence-electron chi connectivity index (χ1n) is 6.15. The summed E-state index contributed by atoms with van der Waals surface area (Å²) in [4.78, 5) is 33.3. The molecule has 0 bridgehead atoms. The maximum atomic E-state index is 11.7. The molecular formula is C13H16N2O5. The summed E-state index contributed by atoms with van der Waals surface area (Å²) in [6.07, 6.45) is 0.754. The van der Waals surface area contributed by atoms with E-state index in [0.29, 0.717) is 0 Å². The van der Waals surface area contributed by atoms with E-state index in [0.717, 1.165) is 6.42 Å². The summed E-state index contributed by atoms with van der Waals surface area (Å²) in [5.74, 6) is -1.33. The highest BCUT2D eigenvalue weighted by Crippen LogP contribution is 2.18. The van der Waals surface area contributed by atoms with Gasteiger partial charge in [-0.2, -0.15) is 0 Å². The van der Waals surface area contributed by atoms with E-state index in [-0.39, 0.29) is 17.3 Å². The lowest BCUT2D eigenvalue weighted by atomic mass is 10.2. The zero-order valence-corrected chi connectivity index (χ0v) is 11.3. The summed E-state index contributed by atoms with van der Waals surface area (Å²) in [5, 5.41) is 13.4.